The summed E-state index contributed by atoms with van der Waals surface area (Å²) in [5.41, 5.74) is 1.73. The molecule has 0 bridgehead atoms. The number of anilines is 3. The van der Waals surface area contributed by atoms with E-state index in [0.29, 0.717) is 13.0 Å². The first-order chi connectivity index (χ1) is 16.0. The molecular weight excluding hydrogens is 431 g/mol. The van der Waals surface area contributed by atoms with E-state index >= 15 is 0 Å². The van der Waals surface area contributed by atoms with Crippen LogP contribution in [0.3, 0.4) is 0 Å². The molecule has 0 radical (unpaired) electrons. The Labute approximate surface area is 189 Å². The second-order valence-electron chi connectivity index (χ2n) is 7.49. The normalized spacial score (nSPS) is 10.9. The molecule has 0 aliphatic heterocycles. The summed E-state index contributed by atoms with van der Waals surface area (Å²) in [4.78, 5) is 5.75. The second-order valence-corrected chi connectivity index (χ2v) is 7.49. The monoisotopic (exact) mass is 453 g/mol. The number of pyridine rings is 1. The number of hydrogen-bond donors (Lipinski definition) is 1. The van der Waals surface area contributed by atoms with Crippen LogP contribution in [0.1, 0.15) is 18.1 Å². The van der Waals surface area contributed by atoms with Crippen molar-refractivity contribution in [2.45, 2.75) is 19.8 Å². The lowest BCUT2D eigenvalue weighted by Gasteiger charge is -2.14. The molecule has 0 amide bonds. The van der Waals surface area contributed by atoms with Gasteiger partial charge in [0.25, 0.3) is 5.89 Å². The first-order valence-electron chi connectivity index (χ1n) is 10.4. The molecule has 0 aliphatic rings. The Morgan fingerprint density at radius 2 is 1.73 bits per heavy atom. The number of likely N-dealkylation sites (N-methyl/N-ethyl adjacent to an activating group) is 1. The maximum Gasteiger partial charge on any atom is 0.318 e. The average Bonchev–Trinajstić information content (AvgIpc) is 3.32. The summed E-state index contributed by atoms with van der Waals surface area (Å²) < 4.78 is 48.9. The number of nitrogens with zero attached hydrogens (tertiary/aromatic N) is 4. The minimum atomic E-state index is -1.17. The number of halogens is 3. The standard InChI is InChI=1S/C24H22F3N5O/c1-3-15-4-7-20(19(26)14-15)29-22-17(5-6-18(25)21(22)27)23-30-31-24(33-23)32(2)13-10-16-8-11-28-12-9-16/h4-9,11-12,14,29H,3,10,13H2,1-2H3. The zero-order chi connectivity index (χ0) is 23.4. The number of benzene rings is 2. The molecule has 170 valence electrons. The largest absolute Gasteiger partial charge is 0.403 e. The number of hydrogen-bond acceptors (Lipinski definition) is 6. The Kier molecular flexibility index (Phi) is 6.58. The summed E-state index contributed by atoms with van der Waals surface area (Å²) >= 11 is 0. The molecule has 1 N–H and O–H groups in total. The van der Waals surface area contributed by atoms with Crippen LogP contribution in [0.4, 0.5) is 30.6 Å². The first-order valence-corrected chi connectivity index (χ1v) is 10.4. The van der Waals surface area contributed by atoms with E-state index in [1.165, 1.54) is 18.2 Å². The van der Waals surface area contributed by atoms with Crippen molar-refractivity contribution in [1.29, 1.82) is 0 Å². The van der Waals surface area contributed by atoms with E-state index in [0.717, 1.165) is 23.6 Å². The Morgan fingerprint density at radius 1 is 0.939 bits per heavy atom. The van der Waals surface area contributed by atoms with Crippen LogP contribution in [0.5, 0.6) is 0 Å². The van der Waals surface area contributed by atoms with Crippen molar-refractivity contribution in [2.75, 3.05) is 23.8 Å². The van der Waals surface area contributed by atoms with E-state index in [9.17, 15) is 13.2 Å². The van der Waals surface area contributed by atoms with E-state index in [-0.39, 0.29) is 28.8 Å². The molecule has 2 heterocycles. The van der Waals surface area contributed by atoms with E-state index in [4.69, 9.17) is 4.42 Å². The number of nitrogens with one attached hydrogen (secondary N) is 1. The molecule has 0 unspecified atom stereocenters. The summed E-state index contributed by atoms with van der Waals surface area (Å²) in [5, 5.41) is 10.7. The lowest BCUT2D eigenvalue weighted by atomic mass is 10.1. The molecule has 33 heavy (non-hydrogen) atoms. The Bertz CT molecular complexity index is 1250. The lowest BCUT2D eigenvalue weighted by Crippen LogP contribution is -2.20. The molecule has 2 aromatic heterocycles. The zero-order valence-corrected chi connectivity index (χ0v) is 18.1. The average molecular weight is 453 g/mol. The third-order valence-electron chi connectivity index (χ3n) is 5.25. The second kappa shape index (κ2) is 9.72. The fourth-order valence-corrected chi connectivity index (χ4v) is 3.29. The molecule has 0 aliphatic carbocycles. The fourth-order valence-electron chi connectivity index (χ4n) is 3.29. The van der Waals surface area contributed by atoms with Crippen molar-refractivity contribution < 1.29 is 17.6 Å². The Balaban J connectivity index is 1.59. The summed E-state index contributed by atoms with van der Waals surface area (Å²) in [6, 6.07) is 10.9. The quantitative estimate of drug-likeness (QED) is 0.378. The van der Waals surface area contributed by atoms with Crippen LogP contribution < -0.4 is 10.2 Å². The van der Waals surface area contributed by atoms with Gasteiger partial charge >= 0.3 is 6.01 Å². The van der Waals surface area contributed by atoms with Gasteiger partial charge < -0.3 is 14.6 Å². The molecular formula is C24H22F3N5O. The lowest BCUT2D eigenvalue weighted by molar-refractivity contribution is 0.510. The van der Waals surface area contributed by atoms with Gasteiger partial charge in [-0.1, -0.05) is 18.1 Å². The Morgan fingerprint density at radius 3 is 2.45 bits per heavy atom. The van der Waals surface area contributed by atoms with Gasteiger partial charge in [0.2, 0.25) is 0 Å². The van der Waals surface area contributed by atoms with Gasteiger partial charge in [0.1, 0.15) is 5.82 Å². The van der Waals surface area contributed by atoms with Gasteiger partial charge in [-0.3, -0.25) is 4.98 Å². The third-order valence-corrected chi connectivity index (χ3v) is 5.25. The predicted molar refractivity (Wildman–Crippen MR) is 120 cm³/mol. The molecule has 4 aromatic rings. The summed E-state index contributed by atoms with van der Waals surface area (Å²) in [7, 11) is 1.79. The highest BCUT2D eigenvalue weighted by atomic mass is 19.2. The van der Waals surface area contributed by atoms with Gasteiger partial charge in [-0.25, -0.2) is 13.2 Å². The molecule has 2 aromatic carbocycles. The molecule has 0 spiro atoms. The first kappa shape index (κ1) is 22.3. The topological polar surface area (TPSA) is 67.1 Å². The fraction of sp³-hybridized carbons (Fsp3) is 0.208. The van der Waals surface area contributed by atoms with Gasteiger partial charge in [-0.15, -0.1) is 5.10 Å². The van der Waals surface area contributed by atoms with Crippen molar-refractivity contribution >= 4 is 17.4 Å². The van der Waals surface area contributed by atoms with Crippen LogP contribution >= 0.6 is 0 Å². The van der Waals surface area contributed by atoms with Gasteiger partial charge in [0, 0.05) is 26.0 Å². The maximum atomic E-state index is 14.7. The van der Waals surface area contributed by atoms with Crippen LogP contribution in [-0.2, 0) is 12.8 Å². The molecule has 4 rings (SSSR count). The smallest absolute Gasteiger partial charge is 0.318 e. The highest BCUT2D eigenvalue weighted by molar-refractivity contribution is 5.78. The number of rotatable bonds is 8. The summed E-state index contributed by atoms with van der Waals surface area (Å²) in [5.74, 6) is -2.85. The van der Waals surface area contributed by atoms with Crippen molar-refractivity contribution in [1.82, 2.24) is 15.2 Å². The molecule has 9 heteroatoms. The van der Waals surface area contributed by atoms with Crippen LogP contribution in [0, 0.1) is 17.5 Å². The van der Waals surface area contributed by atoms with Crippen molar-refractivity contribution in [2.24, 2.45) is 0 Å². The molecule has 0 fully saturated rings. The maximum absolute atomic E-state index is 14.7. The number of aryl methyl sites for hydroxylation is 1. The van der Waals surface area contributed by atoms with E-state index in [1.54, 1.807) is 30.4 Å². The minimum absolute atomic E-state index is 0.00663. The SMILES string of the molecule is CCc1ccc(Nc2c(-c3nnc(N(C)CCc4ccncc4)o3)ccc(F)c2F)c(F)c1. The van der Waals surface area contributed by atoms with E-state index in [2.05, 4.69) is 20.5 Å². The van der Waals surface area contributed by atoms with Crippen molar-refractivity contribution in [3.63, 3.8) is 0 Å². The van der Waals surface area contributed by atoms with Crippen molar-refractivity contribution in [3.05, 3.63) is 83.4 Å². The van der Waals surface area contributed by atoms with Crippen LogP contribution in [-0.4, -0.2) is 28.8 Å². The molecule has 6 nitrogen and oxygen atoms in total. The molecule has 0 saturated carbocycles. The van der Waals surface area contributed by atoms with Crippen LogP contribution in [0.25, 0.3) is 11.5 Å². The highest BCUT2D eigenvalue weighted by Gasteiger charge is 2.21. The summed E-state index contributed by atoms with van der Waals surface area (Å²) in [6.45, 7) is 2.48. The van der Waals surface area contributed by atoms with Gasteiger partial charge in [-0.2, -0.15) is 0 Å². The predicted octanol–water partition coefficient (Wildman–Crippen LogP) is 5.53. The van der Waals surface area contributed by atoms with Gasteiger partial charge in [0.15, 0.2) is 11.6 Å². The summed E-state index contributed by atoms with van der Waals surface area (Å²) in [6.07, 6.45) is 4.81. The molecule has 0 saturated heterocycles. The van der Waals surface area contributed by atoms with E-state index in [1.807, 2.05) is 19.1 Å². The van der Waals surface area contributed by atoms with Gasteiger partial charge in [-0.05, 0) is 60.4 Å². The van der Waals surface area contributed by atoms with Crippen molar-refractivity contribution in [3.8, 4) is 11.5 Å². The third kappa shape index (κ3) is 4.97. The van der Waals surface area contributed by atoms with Crippen LogP contribution in [0.15, 0.2) is 59.3 Å². The van der Waals surface area contributed by atoms with Gasteiger partial charge in [0.05, 0.1) is 16.9 Å². The van der Waals surface area contributed by atoms with Crippen LogP contribution in [0.2, 0.25) is 0 Å². The Hall–Kier alpha value is -3.88. The van der Waals surface area contributed by atoms with E-state index < -0.39 is 17.5 Å². The zero-order valence-electron chi connectivity index (χ0n) is 18.1. The highest BCUT2D eigenvalue weighted by Crippen LogP contribution is 2.35. The number of aromatic nitrogens is 3. The molecule has 0 atom stereocenters. The minimum Gasteiger partial charge on any atom is -0.403 e.